The van der Waals surface area contributed by atoms with Crippen molar-refractivity contribution in [1.29, 1.82) is 0 Å². The van der Waals surface area contributed by atoms with Crippen LogP contribution >= 0.6 is 0 Å². The van der Waals surface area contributed by atoms with E-state index >= 15 is 0 Å². The summed E-state index contributed by atoms with van der Waals surface area (Å²) in [7, 11) is 1.87. The molecule has 0 aliphatic rings. The molecule has 0 radical (unpaired) electrons. The molecule has 0 fully saturated rings. The molecule has 8 heteroatoms. The summed E-state index contributed by atoms with van der Waals surface area (Å²) in [5.41, 5.74) is 2.40. The van der Waals surface area contributed by atoms with Crippen molar-refractivity contribution in [2.75, 3.05) is 37.1 Å². The number of nitrogens with one attached hydrogen (secondary N) is 1. The Labute approximate surface area is 113 Å². The molecular weight excluding hydrogens is 248 g/mol. The number of rotatable bonds is 8. The third kappa shape index (κ3) is 5.23. The van der Waals surface area contributed by atoms with E-state index in [1.165, 1.54) is 0 Å². The second-order valence-electron chi connectivity index (χ2n) is 4.16. The summed E-state index contributed by atoms with van der Waals surface area (Å²) in [6.07, 6.45) is 0.201. The Morgan fingerprint density at radius 3 is 2.63 bits per heavy atom. The molecule has 0 aliphatic carbocycles. The van der Waals surface area contributed by atoms with Crippen molar-refractivity contribution in [3.05, 3.63) is 0 Å². The molecule has 0 aromatic carbocycles. The maximum absolute atomic E-state index is 5.48. The molecule has 3 N–H and O–H groups in total. The molecule has 108 valence electrons. The van der Waals surface area contributed by atoms with Gasteiger partial charge in [0, 0.05) is 13.6 Å². The molecule has 1 rings (SSSR count). The highest BCUT2D eigenvalue weighted by Gasteiger charge is 2.10. The zero-order valence-corrected chi connectivity index (χ0v) is 11.9. The number of nitrogens with zero attached hydrogens (tertiary/aromatic N) is 4. The Hall–Kier alpha value is -1.67. The van der Waals surface area contributed by atoms with Crippen molar-refractivity contribution < 1.29 is 9.47 Å². The van der Waals surface area contributed by atoms with Gasteiger partial charge < -0.3 is 14.4 Å². The summed E-state index contributed by atoms with van der Waals surface area (Å²) >= 11 is 0. The van der Waals surface area contributed by atoms with E-state index in [1.54, 1.807) is 0 Å². The second-order valence-corrected chi connectivity index (χ2v) is 4.16. The van der Waals surface area contributed by atoms with Crippen LogP contribution in [0.5, 0.6) is 6.01 Å². The van der Waals surface area contributed by atoms with Gasteiger partial charge in [-0.1, -0.05) is 0 Å². The zero-order valence-electron chi connectivity index (χ0n) is 11.9. The average Bonchev–Trinajstić information content (AvgIpc) is 2.38. The van der Waals surface area contributed by atoms with Gasteiger partial charge in [0.15, 0.2) is 0 Å². The summed E-state index contributed by atoms with van der Waals surface area (Å²) in [5, 5.41) is 0. The third-order valence-electron chi connectivity index (χ3n) is 2.22. The quantitative estimate of drug-likeness (QED) is 0.518. The molecule has 0 spiro atoms. The van der Waals surface area contributed by atoms with Crippen LogP contribution in [0.25, 0.3) is 0 Å². The lowest BCUT2D eigenvalue weighted by Crippen LogP contribution is -2.26. The van der Waals surface area contributed by atoms with E-state index in [0.29, 0.717) is 25.7 Å². The highest BCUT2D eigenvalue weighted by atomic mass is 16.5. The molecular formula is C11H22N6O2. The SMILES string of the molecule is CCOc1nc(NN)nc(N(C)CCOC(C)C)n1. The number of ether oxygens (including phenoxy) is 2. The van der Waals surface area contributed by atoms with Gasteiger partial charge in [-0.15, -0.1) is 0 Å². The summed E-state index contributed by atoms with van der Waals surface area (Å²) < 4.78 is 10.8. The van der Waals surface area contributed by atoms with E-state index in [0.717, 1.165) is 0 Å². The van der Waals surface area contributed by atoms with Gasteiger partial charge in [0.1, 0.15) is 0 Å². The standard InChI is InChI=1S/C11H22N6O2/c1-5-18-11-14-9(16-12)13-10(15-11)17(4)6-7-19-8(2)3/h8H,5-7,12H2,1-4H3,(H,13,14,15,16). The summed E-state index contributed by atoms with van der Waals surface area (Å²) in [6, 6.07) is 0.247. The highest BCUT2D eigenvalue weighted by molar-refractivity contribution is 5.36. The highest BCUT2D eigenvalue weighted by Crippen LogP contribution is 2.13. The summed E-state index contributed by atoms with van der Waals surface area (Å²) in [6.45, 7) is 7.58. The van der Waals surface area contributed by atoms with Gasteiger partial charge in [-0.25, -0.2) is 5.84 Å². The fourth-order valence-electron chi connectivity index (χ4n) is 1.30. The number of anilines is 2. The molecule has 1 heterocycles. The second kappa shape index (κ2) is 7.70. The predicted octanol–water partition coefficient (Wildman–Crippen LogP) is 0.417. The largest absolute Gasteiger partial charge is 0.464 e. The van der Waals surface area contributed by atoms with Gasteiger partial charge in [-0.05, 0) is 20.8 Å². The number of hydrogen-bond acceptors (Lipinski definition) is 8. The van der Waals surface area contributed by atoms with Crippen LogP contribution in [-0.2, 0) is 4.74 Å². The lowest BCUT2D eigenvalue weighted by Gasteiger charge is -2.18. The number of likely N-dealkylation sites (N-methyl/N-ethyl adjacent to an activating group) is 1. The van der Waals surface area contributed by atoms with Crippen LogP contribution in [0.3, 0.4) is 0 Å². The van der Waals surface area contributed by atoms with Crippen molar-refractivity contribution >= 4 is 11.9 Å². The van der Waals surface area contributed by atoms with Crippen molar-refractivity contribution in [2.24, 2.45) is 5.84 Å². The van der Waals surface area contributed by atoms with Gasteiger partial charge in [-0.2, -0.15) is 15.0 Å². The minimum atomic E-state index is 0.201. The van der Waals surface area contributed by atoms with Crippen LogP contribution in [0, 0.1) is 0 Å². The maximum atomic E-state index is 5.48. The first-order valence-corrected chi connectivity index (χ1v) is 6.25. The van der Waals surface area contributed by atoms with Gasteiger partial charge in [0.25, 0.3) is 0 Å². The van der Waals surface area contributed by atoms with Crippen molar-refractivity contribution in [3.8, 4) is 6.01 Å². The number of nitrogen functional groups attached to an aromatic ring is 1. The minimum Gasteiger partial charge on any atom is -0.464 e. The van der Waals surface area contributed by atoms with E-state index in [2.05, 4.69) is 20.4 Å². The molecule has 0 amide bonds. The molecule has 0 bridgehead atoms. The van der Waals surface area contributed by atoms with Crippen LogP contribution in [0.1, 0.15) is 20.8 Å². The average molecular weight is 270 g/mol. The minimum absolute atomic E-state index is 0.201. The van der Waals surface area contributed by atoms with Crippen molar-refractivity contribution in [3.63, 3.8) is 0 Å². The lowest BCUT2D eigenvalue weighted by molar-refractivity contribution is 0.0844. The number of hydrazine groups is 1. The van der Waals surface area contributed by atoms with Crippen molar-refractivity contribution in [1.82, 2.24) is 15.0 Å². The first-order chi connectivity index (χ1) is 9.06. The maximum Gasteiger partial charge on any atom is 0.323 e. The van der Waals surface area contributed by atoms with Gasteiger partial charge in [0.2, 0.25) is 11.9 Å². The smallest absolute Gasteiger partial charge is 0.323 e. The van der Waals surface area contributed by atoms with Gasteiger partial charge >= 0.3 is 6.01 Å². The van der Waals surface area contributed by atoms with E-state index in [4.69, 9.17) is 15.3 Å². The predicted molar refractivity (Wildman–Crippen MR) is 73.2 cm³/mol. The molecule has 0 saturated heterocycles. The number of aromatic nitrogens is 3. The first kappa shape index (κ1) is 15.4. The molecule has 1 aromatic rings. The Kier molecular flexibility index (Phi) is 6.23. The molecule has 19 heavy (non-hydrogen) atoms. The number of nitrogens with two attached hydrogens (primary N) is 1. The van der Waals surface area contributed by atoms with Crippen LogP contribution < -0.4 is 20.9 Å². The Bertz CT molecular complexity index is 387. The first-order valence-electron chi connectivity index (χ1n) is 6.25. The van der Waals surface area contributed by atoms with Crippen LogP contribution in [0.4, 0.5) is 11.9 Å². The van der Waals surface area contributed by atoms with E-state index in [-0.39, 0.29) is 18.1 Å². The van der Waals surface area contributed by atoms with Crippen LogP contribution in [0.2, 0.25) is 0 Å². The van der Waals surface area contributed by atoms with E-state index < -0.39 is 0 Å². The molecule has 0 aliphatic heterocycles. The normalized spacial score (nSPS) is 10.6. The van der Waals surface area contributed by atoms with E-state index in [9.17, 15) is 0 Å². The van der Waals surface area contributed by atoms with Gasteiger partial charge in [0.05, 0.1) is 19.3 Å². The summed E-state index contributed by atoms with van der Waals surface area (Å²) in [5.74, 6) is 6.08. The molecule has 8 nitrogen and oxygen atoms in total. The Morgan fingerprint density at radius 2 is 2.05 bits per heavy atom. The Morgan fingerprint density at radius 1 is 1.32 bits per heavy atom. The fraction of sp³-hybridized carbons (Fsp3) is 0.727. The van der Waals surface area contributed by atoms with Crippen LogP contribution in [-0.4, -0.2) is 47.9 Å². The van der Waals surface area contributed by atoms with Crippen molar-refractivity contribution in [2.45, 2.75) is 26.9 Å². The molecule has 1 aromatic heterocycles. The molecule has 0 saturated carbocycles. The topological polar surface area (TPSA) is 98.4 Å². The monoisotopic (exact) mass is 270 g/mol. The van der Waals surface area contributed by atoms with Gasteiger partial charge in [-0.3, -0.25) is 5.43 Å². The summed E-state index contributed by atoms with van der Waals surface area (Å²) in [4.78, 5) is 14.2. The fourth-order valence-corrected chi connectivity index (χ4v) is 1.30. The zero-order chi connectivity index (χ0) is 14.3. The molecule has 0 atom stereocenters. The molecule has 0 unspecified atom stereocenters. The Balaban J connectivity index is 2.71. The van der Waals surface area contributed by atoms with E-state index in [1.807, 2.05) is 32.7 Å². The third-order valence-corrected chi connectivity index (χ3v) is 2.22. The van der Waals surface area contributed by atoms with Crippen LogP contribution in [0.15, 0.2) is 0 Å². The lowest BCUT2D eigenvalue weighted by atomic mass is 10.5. The number of hydrogen-bond donors (Lipinski definition) is 2.